The van der Waals surface area contributed by atoms with Crippen LogP contribution in [0.15, 0.2) is 42.7 Å². The molecule has 1 aromatic carbocycles. The second-order valence-corrected chi connectivity index (χ2v) is 5.77. The fourth-order valence-electron chi connectivity index (χ4n) is 2.59. The molecule has 9 heteroatoms. The first-order valence-corrected chi connectivity index (χ1v) is 7.83. The van der Waals surface area contributed by atoms with Gasteiger partial charge >= 0.3 is 5.97 Å². The molecular formula is C17H16N4O5. The number of carbonyl (C=O) groups is 4. The average Bonchev–Trinajstić information content (AvgIpc) is 3.25. The number of likely N-dealkylation sites (N-methyl/N-ethyl adjacent to an activating group) is 1. The van der Waals surface area contributed by atoms with Crippen LogP contribution in [-0.2, 0) is 14.4 Å². The average molecular weight is 356 g/mol. The van der Waals surface area contributed by atoms with E-state index in [0.29, 0.717) is 5.06 Å². The van der Waals surface area contributed by atoms with Gasteiger partial charge in [-0.3, -0.25) is 19.1 Å². The third kappa shape index (κ3) is 3.06. The third-order valence-electron chi connectivity index (χ3n) is 3.97. The largest absolute Gasteiger partial charge is 0.352 e. The number of hydrogen-bond donors (Lipinski definition) is 0. The molecule has 0 radical (unpaired) electrons. The highest BCUT2D eigenvalue weighted by atomic mass is 16.7. The molecule has 26 heavy (non-hydrogen) atoms. The lowest BCUT2D eigenvalue weighted by Gasteiger charge is -2.21. The Morgan fingerprint density at radius 1 is 1.15 bits per heavy atom. The van der Waals surface area contributed by atoms with Gasteiger partial charge in [0.25, 0.3) is 11.8 Å². The zero-order valence-electron chi connectivity index (χ0n) is 14.2. The van der Waals surface area contributed by atoms with Gasteiger partial charge < -0.3 is 9.74 Å². The first kappa shape index (κ1) is 17.3. The maximum atomic E-state index is 12.3. The van der Waals surface area contributed by atoms with Crippen LogP contribution in [0.4, 0.5) is 0 Å². The van der Waals surface area contributed by atoms with E-state index in [1.807, 2.05) is 0 Å². The van der Waals surface area contributed by atoms with E-state index in [1.54, 1.807) is 37.5 Å². The van der Waals surface area contributed by atoms with E-state index in [9.17, 15) is 19.2 Å². The molecule has 1 atom stereocenters. The van der Waals surface area contributed by atoms with Crippen LogP contribution in [0.3, 0.4) is 0 Å². The van der Waals surface area contributed by atoms with Crippen molar-refractivity contribution < 1.29 is 24.0 Å². The van der Waals surface area contributed by atoms with Gasteiger partial charge in [0.05, 0.1) is 11.1 Å². The number of carbonyl (C=O) groups excluding carboxylic acids is 4. The van der Waals surface area contributed by atoms with Crippen LogP contribution in [0.25, 0.3) is 0 Å². The van der Waals surface area contributed by atoms with Crippen molar-refractivity contribution in [2.24, 2.45) is 0 Å². The number of nitrogens with zero attached hydrogens (tertiary/aromatic N) is 4. The quantitative estimate of drug-likeness (QED) is 0.729. The summed E-state index contributed by atoms with van der Waals surface area (Å²) in [5.74, 6) is -2.69. The van der Waals surface area contributed by atoms with Gasteiger partial charge in [-0.15, -0.1) is 0 Å². The maximum absolute atomic E-state index is 12.3. The second-order valence-electron chi connectivity index (χ2n) is 5.77. The Bertz CT molecular complexity index is 842. The molecule has 3 rings (SSSR count). The zero-order chi connectivity index (χ0) is 18.8. The van der Waals surface area contributed by atoms with Crippen molar-refractivity contribution in [2.45, 2.75) is 13.0 Å². The molecule has 1 unspecified atom stereocenters. The van der Waals surface area contributed by atoms with Gasteiger partial charge in [0.15, 0.2) is 0 Å². The molecule has 0 saturated carbocycles. The molecule has 0 saturated heterocycles. The molecular weight excluding hydrogens is 340 g/mol. The number of hydroxylamine groups is 2. The van der Waals surface area contributed by atoms with Gasteiger partial charge in [-0.25, -0.2) is 4.79 Å². The van der Waals surface area contributed by atoms with Crippen LogP contribution in [0, 0.1) is 0 Å². The maximum Gasteiger partial charge on any atom is 0.352 e. The Morgan fingerprint density at radius 3 is 2.31 bits per heavy atom. The van der Waals surface area contributed by atoms with Crippen molar-refractivity contribution >= 4 is 23.7 Å². The van der Waals surface area contributed by atoms with Crippen molar-refractivity contribution in [1.29, 1.82) is 0 Å². The molecule has 1 aliphatic heterocycles. The SMILES string of the molecule is CC(C(=O)N(C)CC(=O)ON1C(=O)c2ccccc2C1=O)n1cccn1. The smallest absolute Gasteiger partial charge is 0.333 e. The Balaban J connectivity index is 1.62. The molecule has 134 valence electrons. The summed E-state index contributed by atoms with van der Waals surface area (Å²) in [6.07, 6.45) is 3.17. The lowest BCUT2D eigenvalue weighted by atomic mass is 10.1. The van der Waals surface area contributed by atoms with E-state index in [0.717, 1.165) is 4.90 Å². The fraction of sp³-hybridized carbons (Fsp3) is 0.235. The molecule has 0 fully saturated rings. The van der Waals surface area contributed by atoms with E-state index < -0.39 is 30.4 Å². The summed E-state index contributed by atoms with van der Waals surface area (Å²) < 4.78 is 1.45. The Kier molecular flexibility index (Phi) is 4.53. The molecule has 9 nitrogen and oxygen atoms in total. The number of benzene rings is 1. The second kappa shape index (κ2) is 6.79. The molecule has 2 heterocycles. The molecule has 0 aliphatic carbocycles. The van der Waals surface area contributed by atoms with Crippen LogP contribution >= 0.6 is 0 Å². The minimum Gasteiger partial charge on any atom is -0.333 e. The highest BCUT2D eigenvalue weighted by Gasteiger charge is 2.38. The predicted octanol–water partition coefficient (Wildman–Crippen LogP) is 0.657. The number of aromatic nitrogens is 2. The van der Waals surface area contributed by atoms with Gasteiger partial charge in [0.1, 0.15) is 12.6 Å². The van der Waals surface area contributed by atoms with Crippen molar-refractivity contribution in [3.8, 4) is 0 Å². The Hall–Kier alpha value is -3.49. The van der Waals surface area contributed by atoms with Gasteiger partial charge in [-0.2, -0.15) is 5.10 Å². The van der Waals surface area contributed by atoms with Crippen LogP contribution in [0.2, 0.25) is 0 Å². The summed E-state index contributed by atoms with van der Waals surface area (Å²) in [7, 11) is 1.42. The summed E-state index contributed by atoms with van der Waals surface area (Å²) in [5, 5.41) is 4.40. The van der Waals surface area contributed by atoms with Gasteiger partial charge in [-0.05, 0) is 25.1 Å². The minimum absolute atomic E-state index is 0.169. The van der Waals surface area contributed by atoms with Crippen molar-refractivity contribution in [3.05, 3.63) is 53.9 Å². The van der Waals surface area contributed by atoms with Crippen LogP contribution < -0.4 is 0 Å². The molecule has 2 aromatic rings. The normalized spacial score (nSPS) is 14.2. The Labute approximate surface area is 148 Å². The summed E-state index contributed by atoms with van der Waals surface area (Å²) in [6, 6.07) is 7.24. The number of fused-ring (bicyclic) bond motifs is 1. The van der Waals surface area contributed by atoms with Crippen LogP contribution in [0.5, 0.6) is 0 Å². The summed E-state index contributed by atoms with van der Waals surface area (Å²) in [5.41, 5.74) is 0.337. The summed E-state index contributed by atoms with van der Waals surface area (Å²) in [4.78, 5) is 54.8. The number of imide groups is 1. The third-order valence-corrected chi connectivity index (χ3v) is 3.97. The highest BCUT2D eigenvalue weighted by Crippen LogP contribution is 2.22. The van der Waals surface area contributed by atoms with Crippen molar-refractivity contribution in [2.75, 3.05) is 13.6 Å². The number of rotatable bonds is 5. The van der Waals surface area contributed by atoms with E-state index in [-0.39, 0.29) is 17.0 Å². The van der Waals surface area contributed by atoms with E-state index in [4.69, 9.17) is 4.84 Å². The standard InChI is InChI=1S/C17H16N4O5/c1-11(20-9-5-8-18-20)15(23)19(2)10-14(22)26-21-16(24)12-6-3-4-7-13(12)17(21)25/h3-9,11H,10H2,1-2H3. The minimum atomic E-state index is -0.900. The topological polar surface area (TPSA) is 102 Å². The molecule has 0 bridgehead atoms. The fourth-order valence-corrected chi connectivity index (χ4v) is 2.59. The van der Waals surface area contributed by atoms with Gasteiger partial charge in [0.2, 0.25) is 5.91 Å². The van der Waals surface area contributed by atoms with Crippen LogP contribution in [0.1, 0.15) is 33.7 Å². The molecule has 3 amide bonds. The zero-order valence-corrected chi connectivity index (χ0v) is 14.2. The summed E-state index contributed by atoms with van der Waals surface area (Å²) in [6.45, 7) is 1.22. The predicted molar refractivity (Wildman–Crippen MR) is 87.6 cm³/mol. The first-order chi connectivity index (χ1) is 12.4. The monoisotopic (exact) mass is 356 g/mol. The molecule has 0 N–H and O–H groups in total. The van der Waals surface area contributed by atoms with Gasteiger partial charge in [0, 0.05) is 19.4 Å². The van der Waals surface area contributed by atoms with Gasteiger partial charge in [-0.1, -0.05) is 17.2 Å². The highest BCUT2D eigenvalue weighted by molar-refractivity contribution is 6.20. The van der Waals surface area contributed by atoms with Crippen LogP contribution in [-0.4, -0.2) is 57.0 Å². The lowest BCUT2D eigenvalue weighted by molar-refractivity contribution is -0.171. The first-order valence-electron chi connectivity index (χ1n) is 7.83. The Morgan fingerprint density at radius 2 is 1.77 bits per heavy atom. The summed E-state index contributed by atoms with van der Waals surface area (Å²) >= 11 is 0. The number of amides is 3. The molecule has 1 aromatic heterocycles. The number of hydrogen-bond acceptors (Lipinski definition) is 6. The molecule has 1 aliphatic rings. The van der Waals surface area contributed by atoms with Crippen molar-refractivity contribution in [3.63, 3.8) is 0 Å². The molecule has 0 spiro atoms. The van der Waals surface area contributed by atoms with E-state index in [1.165, 1.54) is 23.9 Å². The van der Waals surface area contributed by atoms with E-state index >= 15 is 0 Å². The lowest BCUT2D eigenvalue weighted by Crippen LogP contribution is -2.40. The van der Waals surface area contributed by atoms with Crippen molar-refractivity contribution in [1.82, 2.24) is 19.7 Å². The van der Waals surface area contributed by atoms with E-state index in [2.05, 4.69) is 5.10 Å².